The highest BCUT2D eigenvalue weighted by molar-refractivity contribution is 5.73. The maximum atomic E-state index is 11.0. The summed E-state index contributed by atoms with van der Waals surface area (Å²) in [6.07, 6.45) is -0.343. The Kier molecular flexibility index (Phi) is 6.26. The average Bonchev–Trinajstić information content (AvgIpc) is 2.02. The van der Waals surface area contributed by atoms with E-state index >= 15 is 0 Å². The van der Waals surface area contributed by atoms with Crippen LogP contribution in [-0.2, 0) is 0 Å². The number of amides is 2. The van der Waals surface area contributed by atoms with Gasteiger partial charge in [0.2, 0.25) is 0 Å². The lowest BCUT2D eigenvalue weighted by molar-refractivity contribution is 0.191. The number of aliphatic hydroxyl groups excluding tert-OH is 1. The molecule has 0 aliphatic rings. The molecular formula is C8H19N3O2. The number of hydrogen-bond donors (Lipinski definition) is 3. The van der Waals surface area contributed by atoms with E-state index < -0.39 is 0 Å². The van der Waals surface area contributed by atoms with Crippen molar-refractivity contribution >= 4 is 6.03 Å². The predicted octanol–water partition coefficient (Wildman–Crippen LogP) is -0.772. The molecular weight excluding hydrogens is 170 g/mol. The van der Waals surface area contributed by atoms with Crippen molar-refractivity contribution in [3.05, 3.63) is 0 Å². The molecule has 0 aliphatic carbocycles. The Bertz CT molecular complexity index is 148. The summed E-state index contributed by atoms with van der Waals surface area (Å²) in [7, 11) is 3.39. The van der Waals surface area contributed by atoms with E-state index in [9.17, 15) is 4.79 Å². The smallest absolute Gasteiger partial charge is 0.316 e. The first-order valence-electron chi connectivity index (χ1n) is 4.38. The lowest BCUT2D eigenvalue weighted by Crippen LogP contribution is -2.39. The molecule has 0 aromatic carbocycles. The van der Waals surface area contributed by atoms with Gasteiger partial charge in [0, 0.05) is 33.7 Å². The number of rotatable bonds is 5. The second-order valence-electron chi connectivity index (χ2n) is 3.18. The number of nitrogens with zero attached hydrogens (tertiary/aromatic N) is 1. The minimum absolute atomic E-state index is 0.0983. The van der Waals surface area contributed by atoms with E-state index in [4.69, 9.17) is 5.11 Å². The zero-order valence-corrected chi connectivity index (χ0v) is 8.50. The van der Waals surface area contributed by atoms with Crippen molar-refractivity contribution in [3.8, 4) is 0 Å². The molecule has 0 fully saturated rings. The lowest BCUT2D eigenvalue weighted by Gasteiger charge is -2.12. The van der Waals surface area contributed by atoms with E-state index in [1.165, 1.54) is 4.90 Å². The molecule has 0 spiro atoms. The zero-order valence-electron chi connectivity index (χ0n) is 8.50. The van der Waals surface area contributed by atoms with Crippen molar-refractivity contribution < 1.29 is 9.90 Å². The maximum absolute atomic E-state index is 11.0. The number of carbonyl (C=O) groups excluding carboxylic acids is 1. The third-order valence-electron chi connectivity index (χ3n) is 1.42. The average molecular weight is 189 g/mol. The normalized spacial score (nSPS) is 12.3. The van der Waals surface area contributed by atoms with Crippen LogP contribution >= 0.6 is 0 Å². The molecule has 0 saturated carbocycles. The van der Waals surface area contributed by atoms with Crippen molar-refractivity contribution in [3.63, 3.8) is 0 Å². The summed E-state index contributed by atoms with van der Waals surface area (Å²) < 4.78 is 0. The largest absolute Gasteiger partial charge is 0.392 e. The Hall–Kier alpha value is -0.810. The van der Waals surface area contributed by atoms with E-state index in [2.05, 4.69) is 10.6 Å². The van der Waals surface area contributed by atoms with Gasteiger partial charge in [-0.25, -0.2) is 4.79 Å². The summed E-state index contributed by atoms with van der Waals surface area (Å²) in [5.41, 5.74) is 0. The minimum Gasteiger partial charge on any atom is -0.392 e. The maximum Gasteiger partial charge on any atom is 0.316 e. The van der Waals surface area contributed by atoms with Crippen molar-refractivity contribution in [2.45, 2.75) is 13.0 Å². The Morgan fingerprint density at radius 2 is 2.08 bits per heavy atom. The molecule has 5 heteroatoms. The fraction of sp³-hybridized carbons (Fsp3) is 0.875. The fourth-order valence-electron chi connectivity index (χ4n) is 0.727. The van der Waals surface area contributed by atoms with E-state index in [1.807, 2.05) is 0 Å². The molecule has 0 rings (SSSR count). The van der Waals surface area contributed by atoms with Gasteiger partial charge in [0.1, 0.15) is 0 Å². The van der Waals surface area contributed by atoms with Gasteiger partial charge in [-0.3, -0.25) is 0 Å². The monoisotopic (exact) mass is 189 g/mol. The first-order chi connectivity index (χ1) is 6.04. The molecule has 78 valence electrons. The van der Waals surface area contributed by atoms with Gasteiger partial charge in [-0.15, -0.1) is 0 Å². The molecule has 0 heterocycles. The third kappa shape index (κ3) is 7.55. The van der Waals surface area contributed by atoms with Gasteiger partial charge in [0.25, 0.3) is 0 Å². The molecule has 0 radical (unpaired) electrons. The highest BCUT2D eigenvalue weighted by atomic mass is 16.3. The number of urea groups is 1. The molecule has 3 N–H and O–H groups in total. The van der Waals surface area contributed by atoms with Gasteiger partial charge in [0.15, 0.2) is 0 Å². The standard InChI is InChI=1S/C8H19N3O2/c1-7(12)6-9-4-5-10-8(13)11(2)3/h7,9,12H,4-6H2,1-3H3,(H,10,13)/t7-/m1/s1. The van der Waals surface area contributed by atoms with Gasteiger partial charge in [0.05, 0.1) is 6.10 Å². The van der Waals surface area contributed by atoms with Crippen LogP contribution < -0.4 is 10.6 Å². The van der Waals surface area contributed by atoms with Crippen molar-refractivity contribution in [2.75, 3.05) is 33.7 Å². The molecule has 5 nitrogen and oxygen atoms in total. The van der Waals surface area contributed by atoms with Crippen LogP contribution in [0.5, 0.6) is 0 Å². The highest BCUT2D eigenvalue weighted by Crippen LogP contribution is 1.76. The second kappa shape index (κ2) is 6.68. The van der Waals surface area contributed by atoms with Crippen LogP contribution in [0.1, 0.15) is 6.92 Å². The van der Waals surface area contributed by atoms with Crippen LogP contribution in [-0.4, -0.2) is 55.9 Å². The summed E-state index contributed by atoms with van der Waals surface area (Å²) >= 11 is 0. The number of aliphatic hydroxyl groups is 1. The van der Waals surface area contributed by atoms with Crippen LogP contribution in [0.25, 0.3) is 0 Å². The molecule has 0 aliphatic heterocycles. The number of carbonyl (C=O) groups is 1. The Morgan fingerprint density at radius 1 is 1.46 bits per heavy atom. The van der Waals surface area contributed by atoms with Gasteiger partial charge < -0.3 is 20.6 Å². The van der Waals surface area contributed by atoms with E-state index in [0.717, 1.165) is 0 Å². The van der Waals surface area contributed by atoms with Crippen molar-refractivity contribution in [1.29, 1.82) is 0 Å². The quantitative estimate of drug-likeness (QED) is 0.497. The van der Waals surface area contributed by atoms with Crippen LogP contribution in [0.4, 0.5) is 4.79 Å². The second-order valence-corrected chi connectivity index (χ2v) is 3.18. The van der Waals surface area contributed by atoms with Crippen LogP contribution in [0.3, 0.4) is 0 Å². The third-order valence-corrected chi connectivity index (χ3v) is 1.42. The van der Waals surface area contributed by atoms with Gasteiger partial charge in [-0.2, -0.15) is 0 Å². The Labute approximate surface area is 79.1 Å². The number of hydrogen-bond acceptors (Lipinski definition) is 3. The zero-order chi connectivity index (χ0) is 10.3. The summed E-state index contributed by atoms with van der Waals surface area (Å²) in [5, 5.41) is 14.6. The molecule has 2 amide bonds. The molecule has 0 bridgehead atoms. The summed E-state index contributed by atoms with van der Waals surface area (Å²) in [6, 6.07) is -0.0983. The molecule has 0 aromatic heterocycles. The minimum atomic E-state index is -0.343. The summed E-state index contributed by atoms with van der Waals surface area (Å²) in [5.74, 6) is 0. The lowest BCUT2D eigenvalue weighted by atomic mass is 10.4. The summed E-state index contributed by atoms with van der Waals surface area (Å²) in [4.78, 5) is 12.5. The van der Waals surface area contributed by atoms with Crippen LogP contribution in [0, 0.1) is 0 Å². The molecule has 0 saturated heterocycles. The van der Waals surface area contributed by atoms with E-state index in [0.29, 0.717) is 19.6 Å². The Morgan fingerprint density at radius 3 is 2.54 bits per heavy atom. The molecule has 1 atom stereocenters. The fourth-order valence-corrected chi connectivity index (χ4v) is 0.727. The van der Waals surface area contributed by atoms with Gasteiger partial charge in [-0.05, 0) is 6.92 Å². The van der Waals surface area contributed by atoms with Crippen molar-refractivity contribution in [2.24, 2.45) is 0 Å². The Balaban J connectivity index is 3.21. The van der Waals surface area contributed by atoms with Gasteiger partial charge >= 0.3 is 6.03 Å². The topological polar surface area (TPSA) is 64.6 Å². The SMILES string of the molecule is C[C@@H](O)CNCCNC(=O)N(C)C. The van der Waals surface area contributed by atoms with E-state index in [1.54, 1.807) is 21.0 Å². The first kappa shape index (κ1) is 12.2. The molecule has 13 heavy (non-hydrogen) atoms. The van der Waals surface area contributed by atoms with Crippen LogP contribution in [0.2, 0.25) is 0 Å². The van der Waals surface area contributed by atoms with E-state index in [-0.39, 0.29) is 12.1 Å². The summed E-state index contributed by atoms with van der Waals surface area (Å²) in [6.45, 7) is 3.51. The molecule has 0 aromatic rings. The number of nitrogens with one attached hydrogen (secondary N) is 2. The molecule has 0 unspecified atom stereocenters. The highest BCUT2D eigenvalue weighted by Gasteiger charge is 2.00. The van der Waals surface area contributed by atoms with Crippen LogP contribution in [0.15, 0.2) is 0 Å². The van der Waals surface area contributed by atoms with Gasteiger partial charge in [-0.1, -0.05) is 0 Å². The van der Waals surface area contributed by atoms with Crippen molar-refractivity contribution in [1.82, 2.24) is 15.5 Å². The first-order valence-corrected chi connectivity index (χ1v) is 4.38. The predicted molar refractivity (Wildman–Crippen MR) is 51.6 cm³/mol.